The second kappa shape index (κ2) is 8.01. The van der Waals surface area contributed by atoms with Gasteiger partial charge in [-0.2, -0.15) is 0 Å². The number of carbonyl (C=O) groups is 1. The van der Waals surface area contributed by atoms with Gasteiger partial charge in [0.1, 0.15) is 0 Å². The van der Waals surface area contributed by atoms with Crippen LogP contribution in [0.15, 0.2) is 40.9 Å². The summed E-state index contributed by atoms with van der Waals surface area (Å²) in [7, 11) is 4.65. The molecule has 2 aromatic carbocycles. The summed E-state index contributed by atoms with van der Waals surface area (Å²) in [4.78, 5) is 13.6. The summed E-state index contributed by atoms with van der Waals surface area (Å²) in [6.45, 7) is -0.288. The predicted molar refractivity (Wildman–Crippen MR) is 92.6 cm³/mol. The summed E-state index contributed by atoms with van der Waals surface area (Å²) in [5.41, 5.74) is 0.609. The number of rotatable bonds is 6. The number of carbonyl (C=O) groups excluding carboxylic acids is 1. The number of hydrogen-bond acceptors (Lipinski definition) is 4. The first-order valence-electron chi connectivity index (χ1n) is 7.02. The summed E-state index contributed by atoms with van der Waals surface area (Å²) in [6, 6.07) is 9.48. The van der Waals surface area contributed by atoms with Crippen LogP contribution in [-0.2, 0) is 4.79 Å². The first-order chi connectivity index (χ1) is 11.5. The van der Waals surface area contributed by atoms with Gasteiger partial charge in [-0.05, 0) is 30.3 Å². The van der Waals surface area contributed by atoms with Crippen molar-refractivity contribution in [3.8, 4) is 17.2 Å². The van der Waals surface area contributed by atoms with Gasteiger partial charge in [-0.15, -0.1) is 0 Å². The van der Waals surface area contributed by atoms with Gasteiger partial charge in [-0.1, -0.05) is 15.9 Å². The normalized spacial score (nSPS) is 10.2. The SMILES string of the molecule is COc1ccc(N(C)C(=O)COc2ccc(Br)cc2F)cc1OC. The standard InChI is InChI=1S/C17H17BrFNO4/c1-20(12-5-7-15(22-2)16(9-12)23-3)17(21)10-24-14-6-4-11(18)8-13(14)19/h4-9H,10H2,1-3H3. The third-order valence-corrected chi connectivity index (χ3v) is 3.87. The van der Waals surface area contributed by atoms with Crippen molar-refractivity contribution in [1.29, 1.82) is 0 Å². The van der Waals surface area contributed by atoms with Crippen LogP contribution in [0.4, 0.5) is 10.1 Å². The van der Waals surface area contributed by atoms with Gasteiger partial charge in [0.25, 0.3) is 5.91 Å². The molecule has 0 bridgehead atoms. The number of halogens is 2. The Hall–Kier alpha value is -2.28. The molecule has 0 N–H and O–H groups in total. The fraction of sp³-hybridized carbons (Fsp3) is 0.235. The quantitative estimate of drug-likeness (QED) is 0.746. The molecular weight excluding hydrogens is 381 g/mol. The third-order valence-electron chi connectivity index (χ3n) is 3.37. The fourth-order valence-corrected chi connectivity index (χ4v) is 2.34. The highest BCUT2D eigenvalue weighted by Crippen LogP contribution is 2.31. The van der Waals surface area contributed by atoms with E-state index in [4.69, 9.17) is 14.2 Å². The van der Waals surface area contributed by atoms with Crippen LogP contribution in [-0.4, -0.2) is 33.8 Å². The lowest BCUT2D eigenvalue weighted by molar-refractivity contribution is -0.120. The molecule has 2 rings (SSSR count). The Morgan fingerprint density at radius 3 is 2.38 bits per heavy atom. The summed E-state index contributed by atoms with van der Waals surface area (Å²) in [6.07, 6.45) is 0. The topological polar surface area (TPSA) is 48.0 Å². The second-order valence-electron chi connectivity index (χ2n) is 4.86. The molecule has 0 atom stereocenters. The van der Waals surface area contributed by atoms with Crippen molar-refractivity contribution in [2.75, 3.05) is 32.8 Å². The van der Waals surface area contributed by atoms with Crippen molar-refractivity contribution in [2.45, 2.75) is 0 Å². The maximum absolute atomic E-state index is 13.7. The maximum atomic E-state index is 13.7. The van der Waals surface area contributed by atoms with E-state index in [1.54, 1.807) is 31.3 Å². The molecule has 0 aliphatic carbocycles. The number of anilines is 1. The average Bonchev–Trinajstić information content (AvgIpc) is 2.59. The molecule has 128 valence electrons. The van der Waals surface area contributed by atoms with Crippen molar-refractivity contribution >= 4 is 27.5 Å². The van der Waals surface area contributed by atoms with Crippen LogP contribution in [0.5, 0.6) is 17.2 Å². The summed E-state index contributed by atoms with van der Waals surface area (Å²) >= 11 is 3.16. The van der Waals surface area contributed by atoms with Crippen molar-refractivity contribution in [3.05, 3.63) is 46.7 Å². The van der Waals surface area contributed by atoms with Gasteiger partial charge in [-0.25, -0.2) is 4.39 Å². The van der Waals surface area contributed by atoms with Gasteiger partial charge in [0.05, 0.1) is 14.2 Å². The Kier molecular flexibility index (Phi) is 6.03. The Morgan fingerprint density at radius 2 is 1.75 bits per heavy atom. The van der Waals surface area contributed by atoms with E-state index in [1.165, 1.54) is 31.3 Å². The predicted octanol–water partition coefficient (Wildman–Crippen LogP) is 3.65. The monoisotopic (exact) mass is 397 g/mol. The van der Waals surface area contributed by atoms with E-state index in [0.29, 0.717) is 21.7 Å². The molecule has 0 radical (unpaired) electrons. The van der Waals surface area contributed by atoms with E-state index >= 15 is 0 Å². The van der Waals surface area contributed by atoms with Gasteiger partial charge in [0.2, 0.25) is 0 Å². The van der Waals surface area contributed by atoms with Crippen molar-refractivity contribution in [3.63, 3.8) is 0 Å². The highest BCUT2D eigenvalue weighted by molar-refractivity contribution is 9.10. The first-order valence-corrected chi connectivity index (χ1v) is 7.82. The average molecular weight is 398 g/mol. The number of amides is 1. The summed E-state index contributed by atoms with van der Waals surface area (Å²) in [5, 5.41) is 0. The largest absolute Gasteiger partial charge is 0.493 e. The summed E-state index contributed by atoms with van der Waals surface area (Å²) in [5.74, 6) is 0.229. The van der Waals surface area contributed by atoms with Crippen LogP contribution in [0.1, 0.15) is 0 Å². The van der Waals surface area contributed by atoms with Crippen molar-refractivity contribution < 1.29 is 23.4 Å². The van der Waals surface area contributed by atoms with Crippen LogP contribution < -0.4 is 19.1 Å². The van der Waals surface area contributed by atoms with Crippen molar-refractivity contribution in [2.24, 2.45) is 0 Å². The maximum Gasteiger partial charge on any atom is 0.264 e. The van der Waals surface area contributed by atoms with E-state index in [0.717, 1.165) is 0 Å². The van der Waals surface area contributed by atoms with Crippen molar-refractivity contribution in [1.82, 2.24) is 0 Å². The van der Waals surface area contributed by atoms with E-state index in [2.05, 4.69) is 15.9 Å². The molecular formula is C17H17BrFNO4. The van der Waals surface area contributed by atoms with Gasteiger partial charge in [0, 0.05) is 23.3 Å². The number of likely N-dealkylation sites (N-methyl/N-ethyl adjacent to an activating group) is 1. The van der Waals surface area contributed by atoms with E-state index in [1.807, 2.05) is 0 Å². The zero-order valence-electron chi connectivity index (χ0n) is 13.5. The lowest BCUT2D eigenvalue weighted by Gasteiger charge is -2.19. The lowest BCUT2D eigenvalue weighted by Crippen LogP contribution is -2.31. The number of benzene rings is 2. The van der Waals surface area contributed by atoms with Gasteiger partial charge in [-0.3, -0.25) is 4.79 Å². The zero-order chi connectivity index (χ0) is 17.7. The van der Waals surface area contributed by atoms with Crippen LogP contribution in [0, 0.1) is 5.82 Å². The minimum absolute atomic E-state index is 0.0206. The highest BCUT2D eigenvalue weighted by Gasteiger charge is 2.15. The van der Waals surface area contributed by atoms with Gasteiger partial charge in [0.15, 0.2) is 29.7 Å². The molecule has 7 heteroatoms. The molecule has 0 aromatic heterocycles. The molecule has 0 unspecified atom stereocenters. The Labute approximate surface area is 148 Å². The van der Waals surface area contributed by atoms with E-state index in [-0.39, 0.29) is 18.3 Å². The molecule has 0 heterocycles. The Bertz CT molecular complexity index is 739. The van der Waals surface area contributed by atoms with Gasteiger partial charge < -0.3 is 19.1 Å². The zero-order valence-corrected chi connectivity index (χ0v) is 15.1. The molecule has 1 amide bonds. The number of nitrogens with zero attached hydrogens (tertiary/aromatic N) is 1. The van der Waals surface area contributed by atoms with Crippen LogP contribution in [0.3, 0.4) is 0 Å². The smallest absolute Gasteiger partial charge is 0.264 e. The molecule has 0 aliphatic heterocycles. The molecule has 0 aliphatic rings. The Morgan fingerprint density at radius 1 is 1.08 bits per heavy atom. The molecule has 0 fully saturated rings. The minimum atomic E-state index is -0.536. The van der Waals surface area contributed by atoms with Gasteiger partial charge >= 0.3 is 0 Å². The molecule has 0 spiro atoms. The highest BCUT2D eigenvalue weighted by atomic mass is 79.9. The molecule has 0 saturated carbocycles. The lowest BCUT2D eigenvalue weighted by atomic mass is 10.2. The molecule has 24 heavy (non-hydrogen) atoms. The first kappa shape index (κ1) is 18.1. The molecule has 2 aromatic rings. The fourth-order valence-electron chi connectivity index (χ4n) is 2.01. The number of methoxy groups -OCH3 is 2. The number of hydrogen-bond donors (Lipinski definition) is 0. The Balaban J connectivity index is 2.06. The van der Waals surface area contributed by atoms with Crippen LogP contribution >= 0.6 is 15.9 Å². The van der Waals surface area contributed by atoms with E-state index in [9.17, 15) is 9.18 Å². The molecule has 5 nitrogen and oxygen atoms in total. The summed E-state index contributed by atoms with van der Waals surface area (Å²) < 4.78 is 29.9. The van der Waals surface area contributed by atoms with Crippen LogP contribution in [0.2, 0.25) is 0 Å². The molecule has 0 saturated heterocycles. The van der Waals surface area contributed by atoms with Crippen LogP contribution in [0.25, 0.3) is 0 Å². The van der Waals surface area contributed by atoms with E-state index < -0.39 is 5.82 Å². The number of ether oxygens (including phenoxy) is 3. The minimum Gasteiger partial charge on any atom is -0.493 e. The third kappa shape index (κ3) is 4.17. The second-order valence-corrected chi connectivity index (χ2v) is 5.77.